The fraction of sp³-hybridized carbons (Fsp3) is 0.233. The van der Waals surface area contributed by atoms with Crippen LogP contribution in [0.25, 0.3) is 11.3 Å². The summed E-state index contributed by atoms with van der Waals surface area (Å²) in [5.41, 5.74) is 4.02. The van der Waals surface area contributed by atoms with Crippen LogP contribution in [0.2, 0.25) is 0 Å². The highest BCUT2D eigenvalue weighted by Crippen LogP contribution is 2.38. The Morgan fingerprint density at radius 2 is 1.67 bits per heavy atom. The van der Waals surface area contributed by atoms with Gasteiger partial charge in [-0.25, -0.2) is 13.2 Å². The molecule has 0 saturated carbocycles. The van der Waals surface area contributed by atoms with Crippen molar-refractivity contribution in [3.05, 3.63) is 89.5 Å². The smallest absolute Gasteiger partial charge is 0.337 e. The maximum absolute atomic E-state index is 13.2. The Morgan fingerprint density at radius 1 is 0.976 bits per heavy atom. The summed E-state index contributed by atoms with van der Waals surface area (Å²) in [4.78, 5) is 39.8. The molecule has 0 atom stereocenters. The highest BCUT2D eigenvalue weighted by molar-refractivity contribution is 7.92. The first kappa shape index (κ1) is 28.8. The summed E-state index contributed by atoms with van der Waals surface area (Å²) in [6.07, 6.45) is 1.07. The van der Waals surface area contributed by atoms with Gasteiger partial charge in [0.15, 0.2) is 0 Å². The van der Waals surface area contributed by atoms with Gasteiger partial charge in [-0.2, -0.15) is 0 Å². The van der Waals surface area contributed by atoms with Crippen molar-refractivity contribution in [2.45, 2.75) is 0 Å². The number of anilines is 3. The lowest BCUT2D eigenvalue weighted by Gasteiger charge is -2.30. The number of benzene rings is 3. The minimum Gasteiger partial charge on any atom is -0.465 e. The highest BCUT2D eigenvalue weighted by Gasteiger charge is 2.30. The zero-order valence-electron chi connectivity index (χ0n) is 23.2. The molecule has 2 aliphatic rings. The predicted octanol–water partition coefficient (Wildman–Crippen LogP) is 2.60. The fourth-order valence-electron chi connectivity index (χ4n) is 4.94. The van der Waals surface area contributed by atoms with Gasteiger partial charge < -0.3 is 25.6 Å². The first-order valence-electron chi connectivity index (χ1n) is 13.3. The fourth-order valence-corrected chi connectivity index (χ4v) is 5.79. The first-order chi connectivity index (χ1) is 20.2. The molecule has 3 aromatic carbocycles. The summed E-state index contributed by atoms with van der Waals surface area (Å²) in [5.74, 6) is -1.12. The largest absolute Gasteiger partial charge is 0.465 e. The second kappa shape index (κ2) is 12.0. The average molecular weight is 590 g/mol. The van der Waals surface area contributed by atoms with E-state index in [9.17, 15) is 22.8 Å². The van der Waals surface area contributed by atoms with Crippen LogP contribution in [0, 0.1) is 0 Å². The zero-order chi connectivity index (χ0) is 29.9. The second-order valence-electron chi connectivity index (χ2n) is 9.89. The minimum atomic E-state index is -3.74. The molecule has 2 aliphatic heterocycles. The van der Waals surface area contributed by atoms with E-state index in [4.69, 9.17) is 4.74 Å². The Morgan fingerprint density at radius 3 is 2.31 bits per heavy atom. The number of amides is 2. The Labute approximate surface area is 244 Å². The maximum atomic E-state index is 13.2. The SMILES string of the molecule is COC(=O)c1ccc2c(c1)NC(=O)C2=C(Nc1ccc(N(CC(=O)N2CCNCC2)S(C)(=O)=O)cc1)c1ccccc1. The molecule has 12 heteroatoms. The predicted molar refractivity (Wildman–Crippen MR) is 161 cm³/mol. The Balaban J connectivity index is 1.47. The Bertz CT molecular complexity index is 1650. The van der Waals surface area contributed by atoms with Gasteiger partial charge in [-0.15, -0.1) is 0 Å². The lowest BCUT2D eigenvalue weighted by Crippen LogP contribution is -2.50. The number of carbonyl (C=O) groups is 3. The lowest BCUT2D eigenvalue weighted by molar-refractivity contribution is -0.130. The number of carbonyl (C=O) groups excluding carboxylic acids is 3. The zero-order valence-corrected chi connectivity index (χ0v) is 24.0. The number of hydrogen-bond donors (Lipinski definition) is 3. The molecule has 1 fully saturated rings. The number of sulfonamides is 1. The third-order valence-electron chi connectivity index (χ3n) is 7.07. The van der Waals surface area contributed by atoms with Gasteiger partial charge in [-0.3, -0.25) is 13.9 Å². The van der Waals surface area contributed by atoms with Crippen molar-refractivity contribution in [2.75, 3.05) is 61.0 Å². The van der Waals surface area contributed by atoms with Gasteiger partial charge in [0.1, 0.15) is 6.54 Å². The number of rotatable bonds is 8. The number of nitrogens with zero attached hydrogens (tertiary/aromatic N) is 2. The Hall–Kier alpha value is -4.68. The normalized spacial score (nSPS) is 15.9. The molecule has 0 unspecified atom stereocenters. The molecule has 0 aromatic heterocycles. The van der Waals surface area contributed by atoms with Gasteiger partial charge in [0.25, 0.3) is 5.91 Å². The van der Waals surface area contributed by atoms with Crippen molar-refractivity contribution in [3.63, 3.8) is 0 Å². The molecular weight excluding hydrogens is 558 g/mol. The third-order valence-corrected chi connectivity index (χ3v) is 8.21. The number of hydrogen-bond acceptors (Lipinski definition) is 8. The van der Waals surface area contributed by atoms with Crippen molar-refractivity contribution >= 4 is 56.1 Å². The molecule has 218 valence electrons. The summed E-state index contributed by atoms with van der Waals surface area (Å²) in [5, 5.41) is 9.34. The van der Waals surface area contributed by atoms with Crippen molar-refractivity contribution in [2.24, 2.45) is 0 Å². The van der Waals surface area contributed by atoms with Crippen molar-refractivity contribution in [3.8, 4) is 0 Å². The minimum absolute atomic E-state index is 0.263. The summed E-state index contributed by atoms with van der Waals surface area (Å²) >= 11 is 0. The van der Waals surface area contributed by atoms with E-state index in [1.807, 2.05) is 30.3 Å². The van der Waals surface area contributed by atoms with E-state index in [2.05, 4.69) is 16.0 Å². The standard InChI is InChI=1S/C30H31N5O6S/c1-41-30(38)21-8-13-24-25(18-21)33-29(37)27(24)28(20-6-4-3-5-7-20)32-22-9-11-23(12-10-22)35(42(2,39)40)19-26(36)34-16-14-31-15-17-34/h3-13,18,31-32H,14-17,19H2,1-2H3,(H,33,37). The summed E-state index contributed by atoms with van der Waals surface area (Å²) in [7, 11) is -2.45. The van der Waals surface area contributed by atoms with Crippen LogP contribution in [0.5, 0.6) is 0 Å². The molecule has 3 N–H and O–H groups in total. The summed E-state index contributed by atoms with van der Waals surface area (Å²) in [6, 6.07) is 20.8. The van der Waals surface area contributed by atoms with Crippen LogP contribution in [0.15, 0.2) is 72.8 Å². The monoisotopic (exact) mass is 589 g/mol. The van der Waals surface area contributed by atoms with Gasteiger partial charge in [-0.05, 0) is 42.0 Å². The number of ether oxygens (including phenoxy) is 1. The van der Waals surface area contributed by atoms with Crippen molar-refractivity contribution in [1.82, 2.24) is 10.2 Å². The quantitative estimate of drug-likeness (QED) is 0.270. The first-order valence-corrected chi connectivity index (χ1v) is 15.2. The van der Waals surface area contributed by atoms with E-state index in [1.165, 1.54) is 7.11 Å². The molecule has 1 saturated heterocycles. The van der Waals surface area contributed by atoms with Gasteiger partial charge in [0.05, 0.1) is 41.6 Å². The lowest BCUT2D eigenvalue weighted by atomic mass is 9.99. The number of nitrogens with one attached hydrogen (secondary N) is 3. The number of piperazine rings is 1. The molecule has 2 heterocycles. The van der Waals surface area contributed by atoms with Gasteiger partial charge >= 0.3 is 5.97 Å². The molecule has 0 bridgehead atoms. The molecule has 3 aromatic rings. The highest BCUT2D eigenvalue weighted by atomic mass is 32.2. The van der Waals surface area contributed by atoms with Crippen LogP contribution >= 0.6 is 0 Å². The third kappa shape index (κ3) is 6.14. The van der Waals surface area contributed by atoms with E-state index >= 15 is 0 Å². The summed E-state index contributed by atoms with van der Waals surface area (Å²) < 4.78 is 31.2. The van der Waals surface area contributed by atoms with Gasteiger partial charge in [0, 0.05) is 37.4 Å². The second-order valence-corrected chi connectivity index (χ2v) is 11.8. The molecule has 0 aliphatic carbocycles. The van der Waals surface area contributed by atoms with Crippen LogP contribution in [-0.4, -0.2) is 77.2 Å². The van der Waals surface area contributed by atoms with E-state index in [0.29, 0.717) is 65.6 Å². The van der Waals surface area contributed by atoms with E-state index in [1.54, 1.807) is 47.4 Å². The number of methoxy groups -OCH3 is 1. The molecule has 0 spiro atoms. The Kier molecular flexibility index (Phi) is 8.27. The topological polar surface area (TPSA) is 137 Å². The number of fused-ring (bicyclic) bond motifs is 1. The molecule has 5 rings (SSSR count). The molecule has 0 radical (unpaired) electrons. The molecular formula is C30H31N5O6S. The van der Waals surface area contributed by atoms with E-state index < -0.39 is 16.0 Å². The van der Waals surface area contributed by atoms with Crippen LogP contribution < -0.4 is 20.3 Å². The number of esters is 1. The van der Waals surface area contributed by atoms with Crippen molar-refractivity contribution in [1.29, 1.82) is 0 Å². The maximum Gasteiger partial charge on any atom is 0.337 e. The van der Waals surface area contributed by atoms with Gasteiger partial charge in [0.2, 0.25) is 15.9 Å². The molecule has 11 nitrogen and oxygen atoms in total. The summed E-state index contributed by atoms with van der Waals surface area (Å²) in [6.45, 7) is 2.08. The van der Waals surface area contributed by atoms with Gasteiger partial charge in [-0.1, -0.05) is 36.4 Å². The van der Waals surface area contributed by atoms with Crippen LogP contribution in [0.3, 0.4) is 0 Å². The van der Waals surface area contributed by atoms with E-state index in [0.717, 1.165) is 16.1 Å². The average Bonchev–Trinajstić information content (AvgIpc) is 3.33. The van der Waals surface area contributed by atoms with Crippen LogP contribution in [0.1, 0.15) is 21.5 Å². The van der Waals surface area contributed by atoms with Crippen LogP contribution in [-0.2, 0) is 24.3 Å². The molecule has 42 heavy (non-hydrogen) atoms. The van der Waals surface area contributed by atoms with E-state index in [-0.39, 0.29) is 18.4 Å². The van der Waals surface area contributed by atoms with Crippen LogP contribution in [0.4, 0.5) is 17.1 Å². The molecule has 2 amide bonds. The van der Waals surface area contributed by atoms with Crippen molar-refractivity contribution < 1.29 is 27.5 Å².